The molecule has 1 aromatic rings. The second-order valence-electron chi connectivity index (χ2n) is 4.22. The van der Waals surface area contributed by atoms with Crippen LogP contribution in [0.2, 0.25) is 0 Å². The Hall–Kier alpha value is -1.44. The predicted octanol–water partition coefficient (Wildman–Crippen LogP) is 3.35. The molecule has 0 aliphatic heterocycles. The number of aliphatic imine (C=N–C) groups is 1. The molecule has 0 bridgehead atoms. The van der Waals surface area contributed by atoms with E-state index in [1.807, 2.05) is 12.1 Å². The molecule has 0 atom stereocenters. The average Bonchev–Trinajstić information content (AvgIpc) is 2.15. The molecule has 0 N–H and O–H groups in total. The summed E-state index contributed by atoms with van der Waals surface area (Å²) in [6.45, 7) is 13.6. The van der Waals surface area contributed by atoms with Gasteiger partial charge in [0.25, 0.3) is 0 Å². The zero-order valence-corrected chi connectivity index (χ0v) is 9.04. The van der Waals surface area contributed by atoms with E-state index < -0.39 is 0 Å². The number of pyridine rings is 1. The average molecular weight is 188 g/mol. The molecule has 2 nitrogen and oxygen atoms in total. The lowest BCUT2D eigenvalue weighted by atomic mass is 9.91. The van der Waals surface area contributed by atoms with Gasteiger partial charge in [-0.15, -0.1) is 0 Å². The highest BCUT2D eigenvalue weighted by atomic mass is 14.9. The van der Waals surface area contributed by atoms with Gasteiger partial charge in [0, 0.05) is 16.7 Å². The normalized spacial score (nSPS) is 11.1. The molecule has 74 valence electrons. The summed E-state index contributed by atoms with van der Waals surface area (Å²) in [4.78, 5) is 8.32. The lowest BCUT2D eigenvalue weighted by Gasteiger charge is -2.18. The Bertz CT molecular complexity index is 359. The molecule has 0 spiro atoms. The fourth-order valence-corrected chi connectivity index (χ4v) is 1.16. The molecule has 0 radical (unpaired) electrons. The number of hydrogen-bond donors (Lipinski definition) is 0. The molecule has 1 heterocycles. The van der Waals surface area contributed by atoms with Crippen molar-refractivity contribution in [2.24, 2.45) is 4.99 Å². The Morgan fingerprint density at radius 3 is 2.43 bits per heavy atom. The third kappa shape index (κ3) is 2.08. The van der Waals surface area contributed by atoms with Crippen molar-refractivity contribution in [3.63, 3.8) is 0 Å². The minimum absolute atomic E-state index is 0.0408. The highest BCUT2D eigenvalue weighted by Gasteiger charge is 2.16. The van der Waals surface area contributed by atoms with Crippen molar-refractivity contribution < 1.29 is 0 Å². The van der Waals surface area contributed by atoms with Gasteiger partial charge in [-0.25, -0.2) is 9.98 Å². The smallest absolute Gasteiger partial charge is 0.158 e. The van der Waals surface area contributed by atoms with E-state index in [4.69, 9.17) is 0 Å². The fraction of sp³-hybridized carbons (Fsp3) is 0.333. The Morgan fingerprint density at radius 1 is 1.36 bits per heavy atom. The van der Waals surface area contributed by atoms with Crippen molar-refractivity contribution in [3.05, 3.63) is 30.0 Å². The molecule has 0 aliphatic carbocycles. The van der Waals surface area contributed by atoms with Crippen molar-refractivity contribution in [2.75, 3.05) is 0 Å². The van der Waals surface area contributed by atoms with Crippen molar-refractivity contribution in [2.45, 2.75) is 26.2 Å². The minimum atomic E-state index is 0.0408. The lowest BCUT2D eigenvalue weighted by molar-refractivity contribution is 0.569. The van der Waals surface area contributed by atoms with Gasteiger partial charge in [0.2, 0.25) is 0 Å². The maximum Gasteiger partial charge on any atom is 0.158 e. The van der Waals surface area contributed by atoms with Gasteiger partial charge in [-0.1, -0.05) is 33.4 Å². The molecule has 0 aliphatic rings. The van der Waals surface area contributed by atoms with Crippen LogP contribution in [0.25, 0.3) is 6.08 Å². The van der Waals surface area contributed by atoms with Crippen molar-refractivity contribution in [1.29, 1.82) is 0 Å². The minimum Gasteiger partial charge on any atom is -0.245 e. The molecular formula is C12H16N2. The third-order valence-electron chi connectivity index (χ3n) is 2.04. The van der Waals surface area contributed by atoms with Crippen LogP contribution in [0.3, 0.4) is 0 Å². The van der Waals surface area contributed by atoms with Gasteiger partial charge in [-0.2, -0.15) is 0 Å². The Labute approximate surface area is 85.4 Å². The number of aromatic nitrogens is 1. The van der Waals surface area contributed by atoms with Crippen LogP contribution in [-0.4, -0.2) is 11.7 Å². The topological polar surface area (TPSA) is 25.2 Å². The molecule has 2 heteroatoms. The van der Waals surface area contributed by atoms with Gasteiger partial charge in [-0.05, 0) is 18.9 Å². The number of rotatable bonds is 2. The molecule has 14 heavy (non-hydrogen) atoms. The maximum absolute atomic E-state index is 4.43. The van der Waals surface area contributed by atoms with E-state index in [1.54, 1.807) is 6.08 Å². The van der Waals surface area contributed by atoms with E-state index in [1.165, 1.54) is 0 Å². The highest BCUT2D eigenvalue weighted by Crippen LogP contribution is 2.25. The first-order valence-electron chi connectivity index (χ1n) is 4.59. The fourth-order valence-electron chi connectivity index (χ4n) is 1.16. The molecule has 0 saturated heterocycles. The molecule has 0 unspecified atom stereocenters. The maximum atomic E-state index is 4.43. The van der Waals surface area contributed by atoms with Crippen LogP contribution in [0.4, 0.5) is 5.82 Å². The largest absolute Gasteiger partial charge is 0.245 e. The van der Waals surface area contributed by atoms with Crippen LogP contribution in [-0.2, 0) is 5.41 Å². The number of nitrogens with zero attached hydrogens (tertiary/aromatic N) is 2. The zero-order valence-electron chi connectivity index (χ0n) is 9.04. The van der Waals surface area contributed by atoms with E-state index in [2.05, 4.69) is 44.0 Å². The first-order valence-corrected chi connectivity index (χ1v) is 4.59. The summed E-state index contributed by atoms with van der Waals surface area (Å²) in [6, 6.07) is 3.98. The van der Waals surface area contributed by atoms with Crippen LogP contribution >= 0.6 is 0 Å². The summed E-state index contributed by atoms with van der Waals surface area (Å²) in [5, 5.41) is 0. The third-order valence-corrected chi connectivity index (χ3v) is 2.04. The van der Waals surface area contributed by atoms with Crippen LogP contribution in [0, 0.1) is 0 Å². The quantitative estimate of drug-likeness (QED) is 0.653. The van der Waals surface area contributed by atoms with Crippen molar-refractivity contribution in [3.8, 4) is 0 Å². The summed E-state index contributed by atoms with van der Waals surface area (Å²) < 4.78 is 0. The van der Waals surface area contributed by atoms with E-state index in [-0.39, 0.29) is 5.41 Å². The molecule has 0 amide bonds. The standard InChI is InChI=1S/C12H16N2/c1-6-9-7-8-10(12(2,3)4)14-11(9)13-5/h6-8H,1,5H2,2-4H3. The van der Waals surface area contributed by atoms with Gasteiger partial charge in [0.1, 0.15) is 0 Å². The summed E-state index contributed by atoms with van der Waals surface area (Å²) >= 11 is 0. The van der Waals surface area contributed by atoms with Gasteiger partial charge in [0.15, 0.2) is 5.82 Å². The highest BCUT2D eigenvalue weighted by molar-refractivity contribution is 5.61. The molecule has 0 fully saturated rings. The lowest BCUT2D eigenvalue weighted by Crippen LogP contribution is -2.13. The summed E-state index contributed by atoms with van der Waals surface area (Å²) in [7, 11) is 0. The van der Waals surface area contributed by atoms with Crippen LogP contribution in [0.5, 0.6) is 0 Å². The van der Waals surface area contributed by atoms with Gasteiger partial charge in [0.05, 0.1) is 0 Å². The number of hydrogen-bond acceptors (Lipinski definition) is 2. The first-order chi connectivity index (χ1) is 6.49. The van der Waals surface area contributed by atoms with Crippen LogP contribution in [0.1, 0.15) is 32.0 Å². The zero-order chi connectivity index (χ0) is 10.8. The van der Waals surface area contributed by atoms with Gasteiger partial charge in [-0.3, -0.25) is 0 Å². The van der Waals surface area contributed by atoms with E-state index in [0.29, 0.717) is 5.82 Å². The van der Waals surface area contributed by atoms with Gasteiger partial charge >= 0.3 is 0 Å². The Balaban J connectivity index is 3.27. The van der Waals surface area contributed by atoms with Crippen molar-refractivity contribution >= 4 is 18.6 Å². The second kappa shape index (κ2) is 3.74. The monoisotopic (exact) mass is 188 g/mol. The summed E-state index contributed by atoms with van der Waals surface area (Å²) in [5.41, 5.74) is 1.98. The first kappa shape index (κ1) is 10.6. The van der Waals surface area contributed by atoms with E-state index in [0.717, 1.165) is 11.3 Å². The summed E-state index contributed by atoms with van der Waals surface area (Å²) in [6.07, 6.45) is 1.74. The van der Waals surface area contributed by atoms with E-state index >= 15 is 0 Å². The SMILES string of the molecule is C=Cc1ccc(C(C)(C)C)nc1N=C. The van der Waals surface area contributed by atoms with Gasteiger partial charge < -0.3 is 0 Å². The Kier molecular flexibility index (Phi) is 2.84. The van der Waals surface area contributed by atoms with E-state index in [9.17, 15) is 0 Å². The molecule has 1 aromatic heterocycles. The summed E-state index contributed by atoms with van der Waals surface area (Å²) in [5.74, 6) is 0.660. The van der Waals surface area contributed by atoms with Crippen LogP contribution in [0.15, 0.2) is 23.7 Å². The molecular weight excluding hydrogens is 172 g/mol. The predicted molar refractivity (Wildman–Crippen MR) is 62.2 cm³/mol. The second-order valence-corrected chi connectivity index (χ2v) is 4.22. The van der Waals surface area contributed by atoms with Crippen LogP contribution < -0.4 is 0 Å². The Morgan fingerprint density at radius 2 is 2.00 bits per heavy atom. The molecule has 0 saturated carbocycles. The molecule has 1 rings (SSSR count). The van der Waals surface area contributed by atoms with Crippen molar-refractivity contribution in [1.82, 2.24) is 4.98 Å². The molecule has 0 aromatic carbocycles.